The minimum atomic E-state index is -0.0808. The lowest BCUT2D eigenvalue weighted by molar-refractivity contribution is -0.121. The highest BCUT2D eigenvalue weighted by atomic mass is 35.5. The minimum absolute atomic E-state index is 0.00530. The molecule has 5 nitrogen and oxygen atoms in total. The number of benzene rings is 1. The Balaban J connectivity index is 1.85. The molecule has 1 aliphatic rings. The Morgan fingerprint density at radius 2 is 1.96 bits per heavy atom. The molecule has 2 amide bonds. The van der Waals surface area contributed by atoms with E-state index in [1.807, 2.05) is 31.4 Å². The molecule has 26 heavy (non-hydrogen) atoms. The molecular weight excluding hydrogens is 350 g/mol. The standard InChI is InChI=1S/C20H24ClN3O2/c1-3-4-6-17-13-23(16-10-8-15(21)9-11-16)19(25)14-24(17)20(26)18-7-5-12-22(18)2/h5,7-12,17H,3-4,6,13-14H2,1-2H3/t17-/m0/s1. The van der Waals surface area contributed by atoms with Crippen LogP contribution in [0.15, 0.2) is 42.6 Å². The minimum Gasteiger partial charge on any atom is -0.347 e. The fourth-order valence-corrected chi connectivity index (χ4v) is 3.52. The van der Waals surface area contributed by atoms with Gasteiger partial charge in [-0.3, -0.25) is 9.59 Å². The number of anilines is 1. The number of hydrogen-bond donors (Lipinski definition) is 0. The van der Waals surface area contributed by atoms with Gasteiger partial charge >= 0.3 is 0 Å². The van der Waals surface area contributed by atoms with Crippen LogP contribution in [-0.2, 0) is 11.8 Å². The third-order valence-electron chi connectivity index (χ3n) is 4.89. The quantitative estimate of drug-likeness (QED) is 0.801. The average molecular weight is 374 g/mol. The van der Waals surface area contributed by atoms with Crippen LogP contribution in [0.25, 0.3) is 0 Å². The fourth-order valence-electron chi connectivity index (χ4n) is 3.40. The summed E-state index contributed by atoms with van der Waals surface area (Å²) in [7, 11) is 1.85. The van der Waals surface area contributed by atoms with Crippen molar-refractivity contribution in [3.63, 3.8) is 0 Å². The zero-order valence-corrected chi connectivity index (χ0v) is 15.9. The lowest BCUT2D eigenvalue weighted by Gasteiger charge is -2.41. The number of carbonyl (C=O) groups excluding carboxylic acids is 2. The van der Waals surface area contributed by atoms with Crippen LogP contribution in [0.5, 0.6) is 0 Å². The smallest absolute Gasteiger partial charge is 0.271 e. The molecular formula is C20H24ClN3O2. The van der Waals surface area contributed by atoms with Crippen LogP contribution >= 0.6 is 11.6 Å². The third-order valence-corrected chi connectivity index (χ3v) is 5.15. The highest BCUT2D eigenvalue weighted by molar-refractivity contribution is 6.30. The first-order chi connectivity index (χ1) is 12.5. The van der Waals surface area contributed by atoms with Gasteiger partial charge in [-0.05, 0) is 42.8 Å². The summed E-state index contributed by atoms with van der Waals surface area (Å²) in [6.07, 6.45) is 4.80. The Kier molecular flexibility index (Phi) is 5.67. The molecule has 1 saturated heterocycles. The molecule has 2 heterocycles. The Bertz CT molecular complexity index is 785. The Labute approximate surface area is 159 Å². The van der Waals surface area contributed by atoms with Crippen LogP contribution < -0.4 is 4.90 Å². The summed E-state index contributed by atoms with van der Waals surface area (Å²) in [5.41, 5.74) is 1.44. The molecule has 1 aromatic carbocycles. The number of nitrogens with zero attached hydrogens (tertiary/aromatic N) is 3. The third kappa shape index (κ3) is 3.78. The molecule has 0 spiro atoms. The number of amides is 2. The number of aromatic nitrogens is 1. The van der Waals surface area contributed by atoms with Crippen molar-refractivity contribution >= 4 is 29.1 Å². The van der Waals surface area contributed by atoms with Crippen LogP contribution in [0.3, 0.4) is 0 Å². The van der Waals surface area contributed by atoms with Crippen LogP contribution in [0.1, 0.15) is 36.7 Å². The highest BCUT2D eigenvalue weighted by Gasteiger charge is 2.36. The van der Waals surface area contributed by atoms with Crippen molar-refractivity contribution in [1.29, 1.82) is 0 Å². The molecule has 6 heteroatoms. The number of aryl methyl sites for hydroxylation is 1. The molecule has 1 aliphatic heterocycles. The van der Waals surface area contributed by atoms with Crippen molar-refractivity contribution < 1.29 is 9.59 Å². The Morgan fingerprint density at radius 1 is 1.23 bits per heavy atom. The predicted molar refractivity (Wildman–Crippen MR) is 104 cm³/mol. The Morgan fingerprint density at radius 3 is 2.58 bits per heavy atom. The molecule has 2 aromatic rings. The van der Waals surface area contributed by atoms with Gasteiger partial charge in [-0.1, -0.05) is 31.4 Å². The summed E-state index contributed by atoms with van der Waals surface area (Å²) in [4.78, 5) is 29.3. The van der Waals surface area contributed by atoms with Gasteiger partial charge in [-0.25, -0.2) is 0 Å². The number of hydrogen-bond acceptors (Lipinski definition) is 2. The summed E-state index contributed by atoms with van der Waals surface area (Å²) < 4.78 is 1.80. The van der Waals surface area contributed by atoms with Crippen molar-refractivity contribution in [3.8, 4) is 0 Å². The van der Waals surface area contributed by atoms with Gasteiger partial charge in [-0.15, -0.1) is 0 Å². The summed E-state index contributed by atoms with van der Waals surface area (Å²) >= 11 is 5.96. The Hall–Kier alpha value is -2.27. The van der Waals surface area contributed by atoms with Gasteiger partial charge in [0.25, 0.3) is 5.91 Å². The zero-order chi connectivity index (χ0) is 18.7. The van der Waals surface area contributed by atoms with E-state index in [0.717, 1.165) is 24.9 Å². The second-order valence-corrected chi connectivity index (χ2v) is 7.15. The van der Waals surface area contributed by atoms with Crippen LogP contribution in [-0.4, -0.2) is 40.4 Å². The van der Waals surface area contributed by atoms with E-state index in [2.05, 4.69) is 6.92 Å². The van der Waals surface area contributed by atoms with E-state index in [0.29, 0.717) is 17.3 Å². The van der Waals surface area contributed by atoms with E-state index in [9.17, 15) is 9.59 Å². The molecule has 0 bridgehead atoms. The van der Waals surface area contributed by atoms with Gasteiger partial charge in [0.1, 0.15) is 12.2 Å². The van der Waals surface area contributed by atoms with Crippen molar-refractivity contribution in [2.75, 3.05) is 18.0 Å². The van der Waals surface area contributed by atoms with E-state index >= 15 is 0 Å². The molecule has 0 N–H and O–H groups in total. The van der Waals surface area contributed by atoms with Gasteiger partial charge in [0.15, 0.2) is 0 Å². The zero-order valence-electron chi connectivity index (χ0n) is 15.2. The monoisotopic (exact) mass is 373 g/mol. The first-order valence-corrected chi connectivity index (χ1v) is 9.37. The molecule has 3 rings (SSSR count). The van der Waals surface area contributed by atoms with Crippen molar-refractivity contribution in [3.05, 3.63) is 53.3 Å². The van der Waals surface area contributed by atoms with E-state index < -0.39 is 0 Å². The van der Waals surface area contributed by atoms with E-state index in [1.54, 1.807) is 32.6 Å². The molecule has 1 fully saturated rings. The molecule has 0 radical (unpaired) electrons. The van der Waals surface area contributed by atoms with Gasteiger partial charge in [0.2, 0.25) is 5.91 Å². The number of rotatable bonds is 5. The first-order valence-electron chi connectivity index (χ1n) is 8.99. The highest BCUT2D eigenvalue weighted by Crippen LogP contribution is 2.25. The number of piperazine rings is 1. The molecule has 0 unspecified atom stereocenters. The SMILES string of the molecule is CCCC[C@H]1CN(c2ccc(Cl)cc2)C(=O)CN1C(=O)c1cccn1C. The summed E-state index contributed by atoms with van der Waals surface area (Å²) in [5.74, 6) is -0.148. The van der Waals surface area contributed by atoms with Crippen LogP contribution in [0, 0.1) is 0 Å². The average Bonchev–Trinajstić information content (AvgIpc) is 3.06. The molecule has 0 aliphatic carbocycles. The molecule has 0 saturated carbocycles. The summed E-state index contributed by atoms with van der Waals surface area (Å²) in [6, 6.07) is 10.9. The largest absolute Gasteiger partial charge is 0.347 e. The number of carbonyl (C=O) groups is 2. The van der Waals surface area contributed by atoms with Crippen LogP contribution in [0.4, 0.5) is 5.69 Å². The maximum absolute atomic E-state index is 13.0. The number of halogens is 1. The van der Waals surface area contributed by atoms with Gasteiger partial charge in [-0.2, -0.15) is 0 Å². The molecule has 1 atom stereocenters. The van der Waals surface area contributed by atoms with Crippen LogP contribution in [0.2, 0.25) is 5.02 Å². The van der Waals surface area contributed by atoms with E-state index in [1.165, 1.54) is 0 Å². The lowest BCUT2D eigenvalue weighted by Crippen LogP contribution is -2.58. The second kappa shape index (κ2) is 7.96. The van der Waals surface area contributed by atoms with E-state index in [-0.39, 0.29) is 24.4 Å². The molecule has 1 aromatic heterocycles. The van der Waals surface area contributed by atoms with Crippen molar-refractivity contribution in [2.24, 2.45) is 7.05 Å². The topological polar surface area (TPSA) is 45.6 Å². The van der Waals surface area contributed by atoms with Gasteiger partial charge in [0.05, 0.1) is 6.04 Å². The van der Waals surface area contributed by atoms with E-state index in [4.69, 9.17) is 11.6 Å². The summed E-state index contributed by atoms with van der Waals surface area (Å²) in [6.45, 7) is 2.74. The molecule has 138 valence electrons. The number of unbranched alkanes of at least 4 members (excludes halogenated alkanes) is 1. The lowest BCUT2D eigenvalue weighted by atomic mass is 10.0. The second-order valence-electron chi connectivity index (χ2n) is 6.71. The summed E-state index contributed by atoms with van der Waals surface area (Å²) in [5, 5.41) is 0.640. The maximum Gasteiger partial charge on any atom is 0.271 e. The van der Waals surface area contributed by atoms with Gasteiger partial charge in [0, 0.05) is 30.5 Å². The van der Waals surface area contributed by atoms with Crippen molar-refractivity contribution in [2.45, 2.75) is 32.2 Å². The van der Waals surface area contributed by atoms with Crippen molar-refractivity contribution in [1.82, 2.24) is 9.47 Å². The normalized spacial score (nSPS) is 17.7. The van der Waals surface area contributed by atoms with Gasteiger partial charge < -0.3 is 14.4 Å². The fraction of sp³-hybridized carbons (Fsp3) is 0.400. The first kappa shape index (κ1) is 18.5. The predicted octanol–water partition coefficient (Wildman–Crippen LogP) is 3.73. The maximum atomic E-state index is 13.0.